The number of nitrogens with two attached hydrogens (primary N) is 1. The van der Waals surface area contributed by atoms with E-state index in [2.05, 4.69) is 11.1 Å². The molecule has 2 heterocycles. The third-order valence-corrected chi connectivity index (χ3v) is 4.56. The highest BCUT2D eigenvalue weighted by atomic mass is 16.5. The maximum atomic E-state index is 12.5. The average molecular weight is 371 g/mol. The lowest BCUT2D eigenvalue weighted by Gasteiger charge is -2.26. The van der Waals surface area contributed by atoms with Crippen molar-refractivity contribution in [2.24, 2.45) is 0 Å². The molecule has 0 spiro atoms. The smallest absolute Gasteiger partial charge is 0.170 e. The SMILES string of the molecule is N#Cc1ccc(COc2ccc3c(c2)OC(c2ccnc(N)c2)CC3=O)cc1. The molecule has 0 bridgehead atoms. The Labute approximate surface area is 162 Å². The minimum Gasteiger partial charge on any atom is -0.489 e. The van der Waals surface area contributed by atoms with Crippen molar-refractivity contribution in [1.82, 2.24) is 4.98 Å². The quantitative estimate of drug-likeness (QED) is 0.748. The first kappa shape index (κ1) is 17.6. The molecule has 2 N–H and O–H groups in total. The Balaban J connectivity index is 1.51. The van der Waals surface area contributed by atoms with Gasteiger partial charge in [0.2, 0.25) is 0 Å². The van der Waals surface area contributed by atoms with Crippen LogP contribution >= 0.6 is 0 Å². The van der Waals surface area contributed by atoms with E-state index in [4.69, 9.17) is 20.5 Å². The van der Waals surface area contributed by atoms with Crippen LogP contribution in [0.4, 0.5) is 5.82 Å². The number of nitriles is 1. The summed E-state index contributed by atoms with van der Waals surface area (Å²) < 4.78 is 11.9. The zero-order valence-electron chi connectivity index (χ0n) is 15.0. The molecule has 1 unspecified atom stereocenters. The number of hydrogen-bond acceptors (Lipinski definition) is 6. The van der Waals surface area contributed by atoms with Gasteiger partial charge in [0.05, 0.1) is 23.6 Å². The molecule has 0 amide bonds. The predicted octanol–water partition coefficient (Wildman–Crippen LogP) is 3.82. The van der Waals surface area contributed by atoms with Crippen molar-refractivity contribution >= 4 is 11.6 Å². The number of Topliss-reactive ketones (excluding diaryl/α,β-unsaturated/α-hetero) is 1. The van der Waals surface area contributed by atoms with Crippen LogP contribution < -0.4 is 15.2 Å². The van der Waals surface area contributed by atoms with Gasteiger partial charge < -0.3 is 15.2 Å². The molecule has 1 atom stereocenters. The maximum absolute atomic E-state index is 12.5. The number of hydrogen-bond donors (Lipinski definition) is 1. The van der Waals surface area contributed by atoms with Gasteiger partial charge in [-0.1, -0.05) is 12.1 Å². The molecular formula is C22H17N3O3. The first-order valence-corrected chi connectivity index (χ1v) is 8.79. The van der Waals surface area contributed by atoms with E-state index >= 15 is 0 Å². The molecular weight excluding hydrogens is 354 g/mol. The molecule has 28 heavy (non-hydrogen) atoms. The van der Waals surface area contributed by atoms with Crippen LogP contribution in [0.2, 0.25) is 0 Å². The zero-order valence-corrected chi connectivity index (χ0v) is 15.0. The molecule has 0 saturated carbocycles. The lowest BCUT2D eigenvalue weighted by molar-refractivity contribution is 0.0849. The molecule has 0 saturated heterocycles. The van der Waals surface area contributed by atoms with Crippen molar-refractivity contribution < 1.29 is 14.3 Å². The van der Waals surface area contributed by atoms with Crippen molar-refractivity contribution in [3.8, 4) is 17.6 Å². The highest BCUT2D eigenvalue weighted by Gasteiger charge is 2.28. The van der Waals surface area contributed by atoms with E-state index in [0.29, 0.717) is 35.1 Å². The van der Waals surface area contributed by atoms with Gasteiger partial charge in [0.15, 0.2) is 5.78 Å². The third kappa shape index (κ3) is 3.64. The molecule has 0 fully saturated rings. The number of ketones is 1. The summed E-state index contributed by atoms with van der Waals surface area (Å²) in [6.45, 7) is 0.350. The highest BCUT2D eigenvalue weighted by Crippen LogP contribution is 2.37. The van der Waals surface area contributed by atoms with Crippen LogP contribution in [0.5, 0.6) is 11.5 Å². The zero-order chi connectivity index (χ0) is 19.5. The summed E-state index contributed by atoms with van der Waals surface area (Å²) in [6, 6.07) is 18.0. The fourth-order valence-corrected chi connectivity index (χ4v) is 3.09. The molecule has 6 heteroatoms. The number of ether oxygens (including phenoxy) is 2. The second-order valence-electron chi connectivity index (χ2n) is 6.50. The Hall–Kier alpha value is -3.85. The first-order valence-electron chi connectivity index (χ1n) is 8.79. The second kappa shape index (κ2) is 7.41. The summed E-state index contributed by atoms with van der Waals surface area (Å²) in [5, 5.41) is 8.86. The maximum Gasteiger partial charge on any atom is 0.170 e. The number of carbonyl (C=O) groups is 1. The minimum absolute atomic E-state index is 0.0141. The summed E-state index contributed by atoms with van der Waals surface area (Å²) in [7, 11) is 0. The number of benzene rings is 2. The fraction of sp³-hybridized carbons (Fsp3) is 0.136. The number of aromatic nitrogens is 1. The number of nitrogen functional groups attached to an aromatic ring is 1. The largest absolute Gasteiger partial charge is 0.489 e. The molecule has 0 radical (unpaired) electrons. The number of fused-ring (bicyclic) bond motifs is 1. The van der Waals surface area contributed by atoms with Crippen molar-refractivity contribution in [3.05, 3.63) is 83.0 Å². The molecule has 2 aromatic carbocycles. The van der Waals surface area contributed by atoms with E-state index in [-0.39, 0.29) is 12.2 Å². The van der Waals surface area contributed by atoms with Crippen LogP contribution in [-0.2, 0) is 6.61 Å². The van der Waals surface area contributed by atoms with Crippen LogP contribution in [0.15, 0.2) is 60.8 Å². The van der Waals surface area contributed by atoms with E-state index in [1.807, 2.05) is 12.1 Å². The van der Waals surface area contributed by atoms with Crippen molar-refractivity contribution in [1.29, 1.82) is 5.26 Å². The van der Waals surface area contributed by atoms with E-state index in [1.165, 1.54) is 0 Å². The van der Waals surface area contributed by atoms with Crippen LogP contribution in [0.1, 0.15) is 39.6 Å². The van der Waals surface area contributed by atoms with Gasteiger partial charge in [-0.05, 0) is 47.5 Å². The van der Waals surface area contributed by atoms with Crippen molar-refractivity contribution in [2.75, 3.05) is 5.73 Å². The minimum atomic E-state index is -0.404. The summed E-state index contributed by atoms with van der Waals surface area (Å²) in [4.78, 5) is 16.5. The van der Waals surface area contributed by atoms with E-state index in [1.54, 1.807) is 48.7 Å². The van der Waals surface area contributed by atoms with Gasteiger partial charge in [-0.3, -0.25) is 4.79 Å². The van der Waals surface area contributed by atoms with Gasteiger partial charge in [-0.2, -0.15) is 5.26 Å². The van der Waals surface area contributed by atoms with Crippen LogP contribution in [0, 0.1) is 11.3 Å². The standard InChI is InChI=1S/C22H17N3O3/c23-12-14-1-3-15(4-2-14)13-27-17-5-6-18-19(26)11-20(28-21(18)10-17)16-7-8-25-22(24)9-16/h1-10,20H,11,13H2,(H2,24,25). The Morgan fingerprint density at radius 1 is 1.18 bits per heavy atom. The molecule has 6 nitrogen and oxygen atoms in total. The average Bonchev–Trinajstić information content (AvgIpc) is 2.72. The lowest BCUT2D eigenvalue weighted by atomic mass is 9.96. The second-order valence-corrected chi connectivity index (χ2v) is 6.50. The molecule has 0 aliphatic carbocycles. The van der Waals surface area contributed by atoms with Gasteiger partial charge in [0.25, 0.3) is 0 Å². The topological polar surface area (TPSA) is 98.2 Å². The Kier molecular flexibility index (Phi) is 4.65. The predicted molar refractivity (Wildman–Crippen MR) is 103 cm³/mol. The summed E-state index contributed by atoms with van der Waals surface area (Å²) >= 11 is 0. The van der Waals surface area contributed by atoms with Gasteiger partial charge in [0, 0.05) is 12.3 Å². The lowest BCUT2D eigenvalue weighted by Crippen LogP contribution is -2.20. The fourth-order valence-electron chi connectivity index (χ4n) is 3.09. The molecule has 3 aromatic rings. The van der Waals surface area contributed by atoms with E-state index < -0.39 is 6.10 Å². The van der Waals surface area contributed by atoms with Gasteiger partial charge >= 0.3 is 0 Å². The Morgan fingerprint density at radius 3 is 2.75 bits per heavy atom. The summed E-state index contributed by atoms with van der Waals surface area (Å²) in [5.41, 5.74) is 8.65. The van der Waals surface area contributed by atoms with Crippen molar-refractivity contribution in [2.45, 2.75) is 19.1 Å². The molecule has 1 aliphatic rings. The normalized spacial score (nSPS) is 15.2. The van der Waals surface area contributed by atoms with Gasteiger partial charge in [-0.15, -0.1) is 0 Å². The van der Waals surface area contributed by atoms with Gasteiger partial charge in [0.1, 0.15) is 30.0 Å². The number of nitrogens with zero attached hydrogens (tertiary/aromatic N) is 2. The van der Waals surface area contributed by atoms with E-state index in [9.17, 15) is 4.79 Å². The number of pyridine rings is 1. The molecule has 1 aromatic heterocycles. The molecule has 4 rings (SSSR count). The Bertz CT molecular complexity index is 1070. The summed E-state index contributed by atoms with van der Waals surface area (Å²) in [6.07, 6.45) is 1.45. The van der Waals surface area contributed by atoms with Crippen LogP contribution in [0.25, 0.3) is 0 Å². The van der Waals surface area contributed by atoms with Crippen molar-refractivity contribution in [3.63, 3.8) is 0 Å². The van der Waals surface area contributed by atoms with E-state index in [0.717, 1.165) is 11.1 Å². The monoisotopic (exact) mass is 371 g/mol. The number of rotatable bonds is 4. The first-order chi connectivity index (χ1) is 13.6. The summed E-state index contributed by atoms with van der Waals surface area (Å²) in [5.74, 6) is 1.50. The number of anilines is 1. The molecule has 1 aliphatic heterocycles. The highest BCUT2D eigenvalue weighted by molar-refractivity contribution is 6.00. The molecule has 138 valence electrons. The third-order valence-electron chi connectivity index (χ3n) is 4.56. The Morgan fingerprint density at radius 2 is 2.00 bits per heavy atom. The van der Waals surface area contributed by atoms with Gasteiger partial charge in [-0.25, -0.2) is 4.98 Å². The van der Waals surface area contributed by atoms with Crippen LogP contribution in [0.3, 0.4) is 0 Å². The number of carbonyl (C=O) groups excluding carboxylic acids is 1. The van der Waals surface area contributed by atoms with Crippen LogP contribution in [-0.4, -0.2) is 10.8 Å².